The second-order valence-corrected chi connectivity index (χ2v) is 3.19. The first-order chi connectivity index (χ1) is 6.19. The molecule has 2 heteroatoms. The fourth-order valence-corrected chi connectivity index (χ4v) is 1.38. The van der Waals surface area contributed by atoms with E-state index in [1.807, 2.05) is 20.2 Å². The van der Waals surface area contributed by atoms with E-state index in [0.717, 1.165) is 0 Å². The average Bonchev–Trinajstić information content (AvgIpc) is 2.16. The average molecular weight is 177 g/mol. The summed E-state index contributed by atoms with van der Waals surface area (Å²) in [5, 5.41) is 0. The predicted molar refractivity (Wildman–Crippen MR) is 56.7 cm³/mol. The van der Waals surface area contributed by atoms with Crippen LogP contribution in [-0.2, 0) is 6.54 Å². The van der Waals surface area contributed by atoms with Crippen LogP contribution in [0, 0.1) is 6.92 Å². The van der Waals surface area contributed by atoms with E-state index < -0.39 is 0 Å². The lowest BCUT2D eigenvalue weighted by atomic mass is 10.1. The molecule has 0 aliphatic carbocycles. The number of rotatable bonds is 2. The molecule has 0 amide bonds. The van der Waals surface area contributed by atoms with Gasteiger partial charge in [-0.1, -0.05) is 6.07 Å². The van der Waals surface area contributed by atoms with Crippen LogP contribution in [0.2, 0.25) is 0 Å². The van der Waals surface area contributed by atoms with Crippen molar-refractivity contribution in [3.8, 4) is 0 Å². The fraction of sp³-hybridized carbons (Fsp3) is 0.364. The number of aryl methyl sites for hydroxylation is 1. The highest BCUT2D eigenvalue weighted by Gasteiger charge is 2.06. The van der Waals surface area contributed by atoms with Gasteiger partial charge in [0.2, 0.25) is 5.69 Å². The van der Waals surface area contributed by atoms with Crippen molar-refractivity contribution in [2.45, 2.75) is 20.4 Å². The van der Waals surface area contributed by atoms with Crippen molar-refractivity contribution in [1.82, 2.24) is 0 Å². The van der Waals surface area contributed by atoms with Crippen LogP contribution in [0.4, 0.5) is 5.69 Å². The summed E-state index contributed by atoms with van der Waals surface area (Å²) in [4.78, 5) is 0. The molecular formula is C11H17N2+. The summed E-state index contributed by atoms with van der Waals surface area (Å²) < 4.78 is 2.11. The zero-order valence-electron chi connectivity index (χ0n) is 8.54. The number of hydrogen-bond donors (Lipinski definition) is 1. The van der Waals surface area contributed by atoms with Crippen molar-refractivity contribution in [1.29, 1.82) is 0 Å². The topological polar surface area (TPSA) is 29.0 Å². The van der Waals surface area contributed by atoms with Gasteiger partial charge in [0.25, 0.3) is 0 Å². The highest BCUT2D eigenvalue weighted by atomic mass is 15.0. The van der Waals surface area contributed by atoms with E-state index in [1.54, 1.807) is 0 Å². The second kappa shape index (κ2) is 4.19. The highest BCUT2D eigenvalue weighted by molar-refractivity contribution is 5.52. The maximum atomic E-state index is 5.56. The minimum atomic E-state index is 0.612. The number of hydrogen-bond acceptors (Lipinski definition) is 1. The predicted octanol–water partition coefficient (Wildman–Crippen LogP) is 1.82. The zero-order valence-corrected chi connectivity index (χ0v) is 8.54. The molecule has 0 unspecified atom stereocenters. The van der Waals surface area contributed by atoms with Crippen molar-refractivity contribution in [3.05, 3.63) is 29.3 Å². The van der Waals surface area contributed by atoms with Gasteiger partial charge in [-0.2, -0.15) is 0 Å². The van der Waals surface area contributed by atoms with E-state index in [0.29, 0.717) is 6.54 Å². The Kier molecular flexibility index (Phi) is 3.20. The molecule has 1 rings (SSSR count). The van der Waals surface area contributed by atoms with Crippen molar-refractivity contribution < 1.29 is 4.58 Å². The first-order valence-electron chi connectivity index (χ1n) is 4.51. The van der Waals surface area contributed by atoms with E-state index >= 15 is 0 Å². The van der Waals surface area contributed by atoms with Gasteiger partial charge < -0.3 is 5.73 Å². The van der Waals surface area contributed by atoms with Crippen molar-refractivity contribution in [2.75, 3.05) is 7.05 Å². The summed E-state index contributed by atoms with van der Waals surface area (Å²) >= 11 is 0. The highest BCUT2D eigenvalue weighted by Crippen LogP contribution is 2.17. The van der Waals surface area contributed by atoms with Crippen LogP contribution in [0.15, 0.2) is 18.2 Å². The Morgan fingerprint density at radius 3 is 2.62 bits per heavy atom. The molecule has 2 N–H and O–H groups in total. The fourth-order valence-electron chi connectivity index (χ4n) is 1.38. The van der Waals surface area contributed by atoms with Gasteiger partial charge in [0.1, 0.15) is 13.3 Å². The van der Waals surface area contributed by atoms with Crippen LogP contribution in [0.25, 0.3) is 0 Å². The summed E-state index contributed by atoms with van der Waals surface area (Å²) in [5.41, 5.74) is 9.24. The molecule has 1 aromatic carbocycles. The van der Waals surface area contributed by atoms with Crippen LogP contribution < -0.4 is 5.73 Å². The largest absolute Gasteiger partial charge is 0.326 e. The molecule has 0 bridgehead atoms. The summed E-state index contributed by atoms with van der Waals surface area (Å²) in [7, 11) is 2.05. The molecule has 70 valence electrons. The third-order valence-electron chi connectivity index (χ3n) is 2.26. The molecule has 0 atom stereocenters. The first kappa shape index (κ1) is 9.93. The normalized spacial score (nSPS) is 11.8. The maximum absolute atomic E-state index is 5.56. The minimum Gasteiger partial charge on any atom is -0.326 e. The third-order valence-corrected chi connectivity index (χ3v) is 2.26. The van der Waals surface area contributed by atoms with Gasteiger partial charge in [-0.25, -0.2) is 4.58 Å². The molecule has 0 aliphatic rings. The quantitative estimate of drug-likeness (QED) is 0.542. The van der Waals surface area contributed by atoms with Crippen LogP contribution in [0.1, 0.15) is 18.1 Å². The van der Waals surface area contributed by atoms with Crippen LogP contribution in [-0.4, -0.2) is 17.8 Å². The Labute approximate surface area is 79.7 Å². The van der Waals surface area contributed by atoms with Crippen LogP contribution in [0.3, 0.4) is 0 Å². The summed E-state index contributed by atoms with van der Waals surface area (Å²) in [6, 6.07) is 6.31. The van der Waals surface area contributed by atoms with Gasteiger partial charge in [0, 0.05) is 25.1 Å². The lowest BCUT2D eigenvalue weighted by molar-refractivity contribution is -0.400. The van der Waals surface area contributed by atoms with E-state index in [4.69, 9.17) is 5.73 Å². The maximum Gasteiger partial charge on any atom is 0.207 e. The van der Waals surface area contributed by atoms with Gasteiger partial charge in [-0.05, 0) is 18.6 Å². The van der Waals surface area contributed by atoms with Crippen molar-refractivity contribution in [3.63, 3.8) is 0 Å². The second-order valence-electron chi connectivity index (χ2n) is 3.19. The summed E-state index contributed by atoms with van der Waals surface area (Å²) in [5.74, 6) is 0. The molecule has 1 aromatic rings. The zero-order chi connectivity index (χ0) is 9.84. The Balaban J connectivity index is 3.12. The molecule has 2 nitrogen and oxygen atoms in total. The molecule has 0 heterocycles. The van der Waals surface area contributed by atoms with E-state index in [2.05, 4.69) is 29.7 Å². The van der Waals surface area contributed by atoms with Crippen molar-refractivity contribution in [2.24, 2.45) is 5.73 Å². The molecule has 0 saturated carbocycles. The molecule has 0 aliphatic heterocycles. The van der Waals surface area contributed by atoms with Crippen molar-refractivity contribution >= 4 is 11.9 Å². The Morgan fingerprint density at radius 1 is 1.46 bits per heavy atom. The summed E-state index contributed by atoms with van der Waals surface area (Å²) in [6.45, 7) is 4.74. The molecule has 0 saturated heterocycles. The Hall–Kier alpha value is -1.15. The SMILES string of the molecule is CC=[N+](C)c1ccc(CN)cc1C. The van der Waals surface area contributed by atoms with Gasteiger partial charge in [0.05, 0.1) is 0 Å². The molecule has 13 heavy (non-hydrogen) atoms. The number of nitrogens with two attached hydrogens (primary N) is 1. The summed E-state index contributed by atoms with van der Waals surface area (Å²) in [6.07, 6.45) is 2.05. The molecule has 0 spiro atoms. The standard InChI is InChI=1S/C11H17N2/c1-4-13(3)11-6-5-10(8-12)7-9(11)2/h4-7H,8,12H2,1-3H3/q+1. The van der Waals surface area contributed by atoms with E-state index in [1.165, 1.54) is 16.8 Å². The Morgan fingerprint density at radius 2 is 2.15 bits per heavy atom. The van der Waals surface area contributed by atoms with Crippen LogP contribution >= 0.6 is 0 Å². The van der Waals surface area contributed by atoms with Gasteiger partial charge >= 0.3 is 0 Å². The van der Waals surface area contributed by atoms with E-state index in [9.17, 15) is 0 Å². The lowest BCUT2D eigenvalue weighted by Crippen LogP contribution is -2.01. The smallest absolute Gasteiger partial charge is 0.207 e. The monoisotopic (exact) mass is 177 g/mol. The van der Waals surface area contributed by atoms with Gasteiger partial charge in [-0.3, -0.25) is 0 Å². The Bertz CT molecular complexity index is 327. The first-order valence-corrected chi connectivity index (χ1v) is 4.51. The molecule has 0 fully saturated rings. The van der Waals surface area contributed by atoms with Gasteiger partial charge in [0.15, 0.2) is 0 Å². The molecule has 0 aromatic heterocycles. The number of benzene rings is 1. The molecule has 0 radical (unpaired) electrons. The molecular weight excluding hydrogens is 160 g/mol. The van der Waals surface area contributed by atoms with Gasteiger partial charge in [-0.15, -0.1) is 0 Å². The van der Waals surface area contributed by atoms with E-state index in [-0.39, 0.29) is 0 Å². The third kappa shape index (κ3) is 2.16. The minimum absolute atomic E-state index is 0.612. The van der Waals surface area contributed by atoms with Crippen LogP contribution in [0.5, 0.6) is 0 Å². The lowest BCUT2D eigenvalue weighted by Gasteiger charge is -2.02. The number of nitrogens with zero attached hydrogens (tertiary/aromatic N) is 1.